The summed E-state index contributed by atoms with van der Waals surface area (Å²) < 4.78 is 9.97. The SMILES string of the molecule is CCOC(=O)C(=C[C@@H](CCCC=O)Cc1ccccc1)C(=O)OCC. The minimum Gasteiger partial charge on any atom is -0.462 e. The van der Waals surface area contributed by atoms with E-state index in [1.807, 2.05) is 30.3 Å². The lowest BCUT2D eigenvalue weighted by Gasteiger charge is -2.15. The summed E-state index contributed by atoms with van der Waals surface area (Å²) in [6.45, 7) is 3.74. The van der Waals surface area contributed by atoms with Gasteiger partial charge in [-0.05, 0) is 44.6 Å². The van der Waals surface area contributed by atoms with Crippen molar-refractivity contribution >= 4 is 18.2 Å². The van der Waals surface area contributed by atoms with Crippen LogP contribution in [-0.2, 0) is 30.3 Å². The summed E-state index contributed by atoms with van der Waals surface area (Å²) in [4.78, 5) is 34.8. The van der Waals surface area contributed by atoms with Gasteiger partial charge in [-0.15, -0.1) is 0 Å². The molecule has 0 bridgehead atoms. The van der Waals surface area contributed by atoms with E-state index in [9.17, 15) is 14.4 Å². The highest BCUT2D eigenvalue weighted by molar-refractivity contribution is 6.14. The van der Waals surface area contributed by atoms with Gasteiger partial charge in [0.15, 0.2) is 0 Å². The van der Waals surface area contributed by atoms with Gasteiger partial charge < -0.3 is 14.3 Å². The highest BCUT2D eigenvalue weighted by atomic mass is 16.6. The first-order valence-corrected chi connectivity index (χ1v) is 8.65. The average molecular weight is 346 g/mol. The van der Waals surface area contributed by atoms with Gasteiger partial charge in [0.05, 0.1) is 13.2 Å². The molecule has 25 heavy (non-hydrogen) atoms. The minimum atomic E-state index is -0.672. The van der Waals surface area contributed by atoms with Crippen molar-refractivity contribution in [2.24, 2.45) is 5.92 Å². The van der Waals surface area contributed by atoms with E-state index >= 15 is 0 Å². The monoisotopic (exact) mass is 346 g/mol. The minimum absolute atomic E-state index is 0.0637. The molecule has 136 valence electrons. The second-order valence-electron chi connectivity index (χ2n) is 5.57. The fourth-order valence-electron chi connectivity index (χ4n) is 2.50. The van der Waals surface area contributed by atoms with Crippen molar-refractivity contribution < 1.29 is 23.9 Å². The van der Waals surface area contributed by atoms with E-state index in [1.54, 1.807) is 19.9 Å². The van der Waals surface area contributed by atoms with Crippen molar-refractivity contribution in [2.45, 2.75) is 39.5 Å². The van der Waals surface area contributed by atoms with E-state index in [2.05, 4.69) is 0 Å². The van der Waals surface area contributed by atoms with Crippen molar-refractivity contribution in [2.75, 3.05) is 13.2 Å². The fourth-order valence-corrected chi connectivity index (χ4v) is 2.50. The van der Waals surface area contributed by atoms with E-state index in [4.69, 9.17) is 9.47 Å². The van der Waals surface area contributed by atoms with Gasteiger partial charge in [0, 0.05) is 6.42 Å². The number of rotatable bonds is 11. The van der Waals surface area contributed by atoms with E-state index in [-0.39, 0.29) is 24.7 Å². The van der Waals surface area contributed by atoms with E-state index in [0.717, 1.165) is 11.8 Å². The largest absolute Gasteiger partial charge is 0.462 e. The van der Waals surface area contributed by atoms with Crippen LogP contribution in [0, 0.1) is 5.92 Å². The third kappa shape index (κ3) is 7.79. The molecule has 1 aromatic carbocycles. The first kappa shape index (κ1) is 20.6. The summed E-state index contributed by atoms with van der Waals surface area (Å²) in [5.74, 6) is -1.41. The van der Waals surface area contributed by atoms with Crippen LogP contribution in [-0.4, -0.2) is 31.4 Å². The second-order valence-corrected chi connectivity index (χ2v) is 5.57. The zero-order valence-electron chi connectivity index (χ0n) is 14.9. The van der Waals surface area contributed by atoms with Gasteiger partial charge in [0.25, 0.3) is 0 Å². The molecule has 0 aliphatic rings. The Labute approximate surface area is 149 Å². The maximum Gasteiger partial charge on any atom is 0.345 e. The first-order chi connectivity index (χ1) is 12.1. The third-order valence-corrected chi connectivity index (χ3v) is 3.63. The highest BCUT2D eigenvalue weighted by Gasteiger charge is 2.23. The van der Waals surface area contributed by atoms with Crippen LogP contribution in [0.5, 0.6) is 0 Å². The summed E-state index contributed by atoms with van der Waals surface area (Å²) in [6, 6.07) is 9.81. The Kier molecular flexibility index (Phi) is 9.90. The molecule has 0 amide bonds. The number of allylic oxidation sites excluding steroid dienone is 1. The summed E-state index contributed by atoms with van der Waals surface area (Å²) in [5, 5.41) is 0. The summed E-state index contributed by atoms with van der Waals surface area (Å²) in [7, 11) is 0. The molecule has 1 rings (SSSR count). The highest BCUT2D eigenvalue weighted by Crippen LogP contribution is 2.19. The molecule has 1 aromatic rings. The molecule has 0 spiro atoms. The number of hydrogen-bond donors (Lipinski definition) is 0. The van der Waals surface area contributed by atoms with Gasteiger partial charge in [-0.2, -0.15) is 0 Å². The lowest BCUT2D eigenvalue weighted by atomic mass is 9.92. The molecule has 0 radical (unpaired) electrons. The predicted octanol–water partition coefficient (Wildman–Crippen LogP) is 3.27. The van der Waals surface area contributed by atoms with Crippen LogP contribution in [0.4, 0.5) is 0 Å². The Morgan fingerprint density at radius 3 is 2.16 bits per heavy atom. The van der Waals surface area contributed by atoms with Crippen LogP contribution in [0.3, 0.4) is 0 Å². The van der Waals surface area contributed by atoms with Crippen molar-refractivity contribution in [3.63, 3.8) is 0 Å². The quantitative estimate of drug-likeness (QED) is 0.154. The maximum atomic E-state index is 12.1. The molecule has 0 saturated heterocycles. The lowest BCUT2D eigenvalue weighted by molar-refractivity contribution is -0.146. The molecular weight excluding hydrogens is 320 g/mol. The molecule has 5 nitrogen and oxygen atoms in total. The molecule has 5 heteroatoms. The van der Waals surface area contributed by atoms with Crippen LogP contribution >= 0.6 is 0 Å². The van der Waals surface area contributed by atoms with Gasteiger partial charge in [0.1, 0.15) is 11.9 Å². The average Bonchev–Trinajstić information content (AvgIpc) is 2.60. The number of ether oxygens (including phenoxy) is 2. The van der Waals surface area contributed by atoms with Gasteiger partial charge in [-0.1, -0.05) is 36.4 Å². The molecule has 0 fully saturated rings. The normalized spacial score (nSPS) is 11.3. The van der Waals surface area contributed by atoms with E-state index in [0.29, 0.717) is 25.7 Å². The topological polar surface area (TPSA) is 69.7 Å². The van der Waals surface area contributed by atoms with Crippen LogP contribution in [0.15, 0.2) is 42.0 Å². The molecular formula is C20H26O5. The van der Waals surface area contributed by atoms with Gasteiger partial charge in [-0.3, -0.25) is 0 Å². The fraction of sp³-hybridized carbons (Fsp3) is 0.450. The smallest absolute Gasteiger partial charge is 0.345 e. The summed E-state index contributed by atoms with van der Waals surface area (Å²) in [6.07, 6.45) is 5.01. The second kappa shape index (κ2) is 12.0. The van der Waals surface area contributed by atoms with Crippen molar-refractivity contribution in [1.82, 2.24) is 0 Å². The number of benzene rings is 1. The molecule has 0 unspecified atom stereocenters. The van der Waals surface area contributed by atoms with Crippen molar-refractivity contribution in [1.29, 1.82) is 0 Å². The number of hydrogen-bond acceptors (Lipinski definition) is 5. The third-order valence-electron chi connectivity index (χ3n) is 3.63. The summed E-state index contributed by atoms with van der Waals surface area (Å²) in [5.41, 5.74) is 1.03. The van der Waals surface area contributed by atoms with Crippen LogP contribution in [0.1, 0.15) is 38.7 Å². The number of carbonyl (C=O) groups excluding carboxylic acids is 3. The Morgan fingerprint density at radius 2 is 1.64 bits per heavy atom. The first-order valence-electron chi connectivity index (χ1n) is 8.65. The molecule has 0 aliphatic carbocycles. The number of carbonyl (C=O) groups is 3. The number of unbranched alkanes of at least 4 members (excludes halogenated alkanes) is 1. The molecule has 0 aliphatic heterocycles. The summed E-state index contributed by atoms with van der Waals surface area (Å²) >= 11 is 0. The molecule has 0 N–H and O–H groups in total. The Hall–Kier alpha value is -2.43. The lowest BCUT2D eigenvalue weighted by Crippen LogP contribution is -2.20. The van der Waals surface area contributed by atoms with Gasteiger partial charge in [0.2, 0.25) is 0 Å². The van der Waals surface area contributed by atoms with Crippen LogP contribution < -0.4 is 0 Å². The van der Waals surface area contributed by atoms with Crippen molar-refractivity contribution in [3.05, 3.63) is 47.5 Å². The predicted molar refractivity (Wildman–Crippen MR) is 94.9 cm³/mol. The van der Waals surface area contributed by atoms with Crippen molar-refractivity contribution in [3.8, 4) is 0 Å². The zero-order chi connectivity index (χ0) is 18.5. The Morgan fingerprint density at radius 1 is 1.04 bits per heavy atom. The van der Waals surface area contributed by atoms with Crippen LogP contribution in [0.2, 0.25) is 0 Å². The zero-order valence-corrected chi connectivity index (χ0v) is 14.9. The van der Waals surface area contributed by atoms with E-state index in [1.165, 1.54) is 0 Å². The van der Waals surface area contributed by atoms with Gasteiger partial charge in [-0.25, -0.2) is 9.59 Å². The molecule has 0 heterocycles. The Balaban J connectivity index is 3.03. The van der Waals surface area contributed by atoms with Gasteiger partial charge >= 0.3 is 11.9 Å². The standard InChI is InChI=1S/C20H26O5/c1-3-24-19(22)18(20(23)25-4-2)15-17(12-8-9-13-21)14-16-10-6-5-7-11-16/h5-7,10-11,13,15,17H,3-4,8-9,12,14H2,1-2H3/t17-/m0/s1. The number of aldehydes is 1. The number of esters is 2. The van der Waals surface area contributed by atoms with E-state index < -0.39 is 11.9 Å². The van der Waals surface area contributed by atoms with Crippen LogP contribution in [0.25, 0.3) is 0 Å². The Bertz CT molecular complexity index is 557. The molecule has 0 saturated carbocycles. The maximum absolute atomic E-state index is 12.1. The molecule has 1 atom stereocenters. The molecule has 0 aromatic heterocycles.